The van der Waals surface area contributed by atoms with E-state index in [1.54, 1.807) is 12.1 Å². The zero-order valence-corrected chi connectivity index (χ0v) is 10.4. The van der Waals surface area contributed by atoms with Gasteiger partial charge in [0.2, 0.25) is 17.5 Å². The quantitative estimate of drug-likeness (QED) is 0.928. The van der Waals surface area contributed by atoms with E-state index in [1.807, 2.05) is 13.0 Å². The molecule has 0 amide bonds. The number of aromatic nitrogens is 1. The standard InChI is InChI=1S/C12H10FN3O.ClH/c1-2-15-12-10(7-14)16-11(17-12)8-4-3-5-9(13)6-8;/h3-6,15H,2H2,1H3;1H. The molecule has 0 bridgehead atoms. The van der Waals surface area contributed by atoms with E-state index in [0.717, 1.165) is 0 Å². The van der Waals surface area contributed by atoms with Crippen molar-refractivity contribution in [2.24, 2.45) is 0 Å². The molecule has 0 radical (unpaired) electrons. The van der Waals surface area contributed by atoms with E-state index in [4.69, 9.17) is 9.68 Å². The van der Waals surface area contributed by atoms with Crippen LogP contribution in [0.15, 0.2) is 28.7 Å². The van der Waals surface area contributed by atoms with Crippen LogP contribution in [0.5, 0.6) is 0 Å². The van der Waals surface area contributed by atoms with E-state index < -0.39 is 0 Å². The lowest BCUT2D eigenvalue weighted by atomic mass is 10.2. The van der Waals surface area contributed by atoms with Crippen molar-refractivity contribution >= 4 is 18.3 Å². The molecule has 1 heterocycles. The highest BCUT2D eigenvalue weighted by molar-refractivity contribution is 5.85. The molecule has 1 aromatic carbocycles. The average Bonchev–Trinajstić information content (AvgIpc) is 2.73. The summed E-state index contributed by atoms with van der Waals surface area (Å²) in [5, 5.41) is 11.8. The Hall–Kier alpha value is -2.06. The second-order valence-electron chi connectivity index (χ2n) is 3.35. The van der Waals surface area contributed by atoms with Gasteiger partial charge in [-0.25, -0.2) is 4.39 Å². The first-order chi connectivity index (χ1) is 8.24. The molecule has 0 saturated heterocycles. The van der Waals surface area contributed by atoms with Crippen molar-refractivity contribution in [1.29, 1.82) is 5.26 Å². The molecule has 18 heavy (non-hydrogen) atoms. The van der Waals surface area contributed by atoms with Crippen LogP contribution >= 0.6 is 12.4 Å². The molecule has 6 heteroatoms. The van der Waals surface area contributed by atoms with Crippen molar-refractivity contribution in [3.8, 4) is 17.5 Å². The summed E-state index contributed by atoms with van der Waals surface area (Å²) >= 11 is 0. The van der Waals surface area contributed by atoms with Crippen LogP contribution in [0.2, 0.25) is 0 Å². The molecule has 0 unspecified atom stereocenters. The Balaban J connectivity index is 0.00000162. The van der Waals surface area contributed by atoms with Crippen LogP contribution < -0.4 is 5.32 Å². The highest BCUT2D eigenvalue weighted by Gasteiger charge is 2.13. The first kappa shape index (κ1) is 14.0. The lowest BCUT2D eigenvalue weighted by molar-refractivity contribution is 0.583. The van der Waals surface area contributed by atoms with Crippen LogP contribution in [0.3, 0.4) is 0 Å². The van der Waals surface area contributed by atoms with Crippen LogP contribution in [0.4, 0.5) is 10.3 Å². The van der Waals surface area contributed by atoms with Crippen molar-refractivity contribution in [1.82, 2.24) is 4.98 Å². The van der Waals surface area contributed by atoms with Gasteiger partial charge in [0.05, 0.1) is 0 Å². The van der Waals surface area contributed by atoms with Crippen molar-refractivity contribution in [2.45, 2.75) is 6.92 Å². The monoisotopic (exact) mass is 267 g/mol. The smallest absolute Gasteiger partial charge is 0.232 e. The number of hydrogen-bond acceptors (Lipinski definition) is 4. The summed E-state index contributed by atoms with van der Waals surface area (Å²) < 4.78 is 18.4. The molecule has 1 N–H and O–H groups in total. The predicted octanol–water partition coefficient (Wildman–Crippen LogP) is 3.21. The minimum atomic E-state index is -0.371. The number of nitrogens with one attached hydrogen (secondary N) is 1. The second-order valence-corrected chi connectivity index (χ2v) is 3.35. The van der Waals surface area contributed by atoms with Gasteiger partial charge in [0, 0.05) is 12.1 Å². The summed E-state index contributed by atoms with van der Waals surface area (Å²) in [5.74, 6) is 0.176. The molecule has 2 aromatic rings. The van der Waals surface area contributed by atoms with E-state index in [9.17, 15) is 4.39 Å². The Labute approximate surface area is 110 Å². The fraction of sp³-hybridized carbons (Fsp3) is 0.167. The summed E-state index contributed by atoms with van der Waals surface area (Å²) in [4.78, 5) is 4.00. The van der Waals surface area contributed by atoms with Crippen LogP contribution in [0, 0.1) is 17.1 Å². The van der Waals surface area contributed by atoms with Gasteiger partial charge in [-0.15, -0.1) is 12.4 Å². The molecule has 0 fully saturated rings. The van der Waals surface area contributed by atoms with E-state index in [2.05, 4.69) is 10.3 Å². The van der Waals surface area contributed by atoms with Crippen molar-refractivity contribution in [3.05, 3.63) is 35.8 Å². The van der Waals surface area contributed by atoms with Crippen molar-refractivity contribution in [2.75, 3.05) is 11.9 Å². The van der Waals surface area contributed by atoms with Gasteiger partial charge in [-0.1, -0.05) is 6.07 Å². The molecule has 1 aromatic heterocycles. The maximum Gasteiger partial charge on any atom is 0.232 e. The third kappa shape index (κ3) is 2.79. The van der Waals surface area contributed by atoms with Gasteiger partial charge >= 0.3 is 0 Å². The summed E-state index contributed by atoms with van der Waals surface area (Å²) in [5.41, 5.74) is 0.678. The van der Waals surface area contributed by atoms with Gasteiger partial charge in [-0.05, 0) is 25.1 Å². The number of hydrogen-bond donors (Lipinski definition) is 1. The molecule has 0 spiro atoms. The van der Waals surface area contributed by atoms with Gasteiger partial charge < -0.3 is 9.73 Å². The second kappa shape index (κ2) is 6.03. The first-order valence-corrected chi connectivity index (χ1v) is 5.15. The van der Waals surface area contributed by atoms with Crippen molar-refractivity contribution < 1.29 is 8.81 Å². The summed E-state index contributed by atoms with van der Waals surface area (Å²) in [6.07, 6.45) is 0. The third-order valence-corrected chi connectivity index (χ3v) is 2.14. The van der Waals surface area contributed by atoms with E-state index in [0.29, 0.717) is 18.0 Å². The fourth-order valence-electron chi connectivity index (χ4n) is 1.42. The average molecular weight is 268 g/mol. The van der Waals surface area contributed by atoms with Crippen molar-refractivity contribution in [3.63, 3.8) is 0 Å². The molecule has 0 atom stereocenters. The predicted molar refractivity (Wildman–Crippen MR) is 68.0 cm³/mol. The van der Waals surface area contributed by atoms with E-state index in [1.165, 1.54) is 12.1 Å². The Kier molecular flexibility index (Phi) is 4.69. The molecule has 4 nitrogen and oxygen atoms in total. The Morgan fingerprint density at radius 3 is 2.89 bits per heavy atom. The molecule has 0 saturated carbocycles. The van der Waals surface area contributed by atoms with Gasteiger partial charge in [0.1, 0.15) is 11.9 Å². The van der Waals surface area contributed by atoms with Gasteiger partial charge in [0.15, 0.2) is 0 Å². The zero-order valence-electron chi connectivity index (χ0n) is 9.61. The fourth-order valence-corrected chi connectivity index (χ4v) is 1.42. The normalized spacial score (nSPS) is 9.39. The minimum Gasteiger partial charge on any atom is -0.419 e. The molecule has 2 rings (SSSR count). The summed E-state index contributed by atoms with van der Waals surface area (Å²) in [6.45, 7) is 2.50. The molecule has 0 aliphatic heterocycles. The number of anilines is 1. The van der Waals surface area contributed by atoms with Crippen LogP contribution in [0.25, 0.3) is 11.5 Å². The number of benzene rings is 1. The largest absolute Gasteiger partial charge is 0.419 e. The van der Waals surface area contributed by atoms with Gasteiger partial charge in [-0.2, -0.15) is 10.2 Å². The molecular formula is C12H11ClFN3O. The highest BCUT2D eigenvalue weighted by Crippen LogP contribution is 2.25. The maximum absolute atomic E-state index is 13.0. The number of nitriles is 1. The molecular weight excluding hydrogens is 257 g/mol. The first-order valence-electron chi connectivity index (χ1n) is 5.15. The Morgan fingerprint density at radius 1 is 1.50 bits per heavy atom. The number of nitrogens with zero attached hydrogens (tertiary/aromatic N) is 2. The number of oxazole rings is 1. The highest BCUT2D eigenvalue weighted by atomic mass is 35.5. The van der Waals surface area contributed by atoms with Crippen LogP contribution in [0.1, 0.15) is 12.6 Å². The summed E-state index contributed by atoms with van der Waals surface area (Å²) in [6, 6.07) is 7.80. The maximum atomic E-state index is 13.0. The van der Waals surface area contributed by atoms with Gasteiger partial charge in [-0.3, -0.25) is 0 Å². The zero-order chi connectivity index (χ0) is 12.3. The Morgan fingerprint density at radius 2 is 2.28 bits per heavy atom. The SMILES string of the molecule is CCNc1oc(-c2cccc(F)c2)nc1C#N.Cl. The van der Waals surface area contributed by atoms with E-state index >= 15 is 0 Å². The van der Waals surface area contributed by atoms with Gasteiger partial charge in [0.25, 0.3) is 0 Å². The lowest BCUT2D eigenvalue weighted by Gasteiger charge is -1.96. The van der Waals surface area contributed by atoms with Crippen LogP contribution in [-0.2, 0) is 0 Å². The topological polar surface area (TPSA) is 61.9 Å². The molecule has 94 valence electrons. The van der Waals surface area contributed by atoms with Crippen LogP contribution in [-0.4, -0.2) is 11.5 Å². The number of rotatable bonds is 3. The summed E-state index contributed by atoms with van der Waals surface area (Å²) in [7, 11) is 0. The lowest BCUT2D eigenvalue weighted by Crippen LogP contribution is -1.96. The minimum absolute atomic E-state index is 0. The number of halogens is 2. The Bertz CT molecular complexity index is 577. The molecule has 0 aliphatic rings. The van der Waals surface area contributed by atoms with E-state index in [-0.39, 0.29) is 29.8 Å². The molecule has 0 aliphatic carbocycles. The third-order valence-electron chi connectivity index (χ3n) is 2.14.